The van der Waals surface area contributed by atoms with Crippen LogP contribution in [0.15, 0.2) is 42.9 Å². The summed E-state index contributed by atoms with van der Waals surface area (Å²) in [7, 11) is -0.374. The van der Waals surface area contributed by atoms with Gasteiger partial charge in [-0.25, -0.2) is 9.50 Å². The van der Waals surface area contributed by atoms with Crippen LogP contribution in [-0.2, 0) is 4.43 Å². The van der Waals surface area contributed by atoms with Crippen molar-refractivity contribution in [2.24, 2.45) is 0 Å². The van der Waals surface area contributed by atoms with Gasteiger partial charge in [0, 0.05) is 24.5 Å². The zero-order valence-corrected chi connectivity index (χ0v) is 20.9. The van der Waals surface area contributed by atoms with Crippen molar-refractivity contribution in [2.45, 2.75) is 38.9 Å². The molecule has 0 fully saturated rings. The Morgan fingerprint density at radius 2 is 1.94 bits per heavy atom. The molecule has 1 aromatic carbocycles. The average Bonchev–Trinajstić information content (AvgIpc) is 3.20. The van der Waals surface area contributed by atoms with Crippen molar-refractivity contribution in [1.82, 2.24) is 19.9 Å². The van der Waals surface area contributed by atoms with Gasteiger partial charge < -0.3 is 19.8 Å². The van der Waals surface area contributed by atoms with Crippen LogP contribution in [0.4, 0.5) is 5.69 Å². The fourth-order valence-electron chi connectivity index (χ4n) is 2.90. The van der Waals surface area contributed by atoms with E-state index >= 15 is 0 Å². The standard InChI is InChI=1S/C23H31N5O4Si/c1-23(2,3)33(5,6)32-13-11-25-21(29)16-8-9-18(19(14-16)31-4)27-22(30)17-15-26-28-12-7-10-24-20(17)28/h7-10,12,14-15H,11,13H2,1-6H3,(H,25,29)(H,27,30). The maximum absolute atomic E-state index is 12.8. The van der Waals surface area contributed by atoms with E-state index in [0.29, 0.717) is 41.4 Å². The Kier molecular flexibility index (Phi) is 7.18. The third kappa shape index (κ3) is 5.58. The fourth-order valence-corrected chi connectivity index (χ4v) is 3.95. The first-order valence-corrected chi connectivity index (χ1v) is 13.6. The molecule has 3 aromatic rings. The van der Waals surface area contributed by atoms with E-state index in [1.54, 1.807) is 36.7 Å². The number of anilines is 1. The molecule has 2 amide bonds. The van der Waals surface area contributed by atoms with Gasteiger partial charge in [0.15, 0.2) is 14.0 Å². The summed E-state index contributed by atoms with van der Waals surface area (Å²) in [5.74, 6) is -0.239. The van der Waals surface area contributed by atoms with Crippen molar-refractivity contribution in [3.8, 4) is 5.75 Å². The van der Waals surface area contributed by atoms with Gasteiger partial charge in [-0.3, -0.25) is 9.59 Å². The predicted octanol–water partition coefficient (Wildman–Crippen LogP) is 3.74. The van der Waals surface area contributed by atoms with Gasteiger partial charge >= 0.3 is 0 Å². The Hall–Kier alpha value is -3.24. The maximum atomic E-state index is 12.8. The molecule has 176 valence electrons. The minimum absolute atomic E-state index is 0.115. The van der Waals surface area contributed by atoms with E-state index in [-0.39, 0.29) is 16.9 Å². The van der Waals surface area contributed by atoms with Crippen LogP contribution in [0.25, 0.3) is 5.65 Å². The Bertz CT molecular complexity index is 1150. The molecule has 0 aliphatic carbocycles. The lowest BCUT2D eigenvalue weighted by molar-refractivity contribution is 0.0945. The molecule has 0 atom stereocenters. The first kappa shape index (κ1) is 24.4. The number of ether oxygens (including phenoxy) is 1. The van der Waals surface area contributed by atoms with Crippen LogP contribution in [0, 0.1) is 0 Å². The smallest absolute Gasteiger partial charge is 0.261 e. The van der Waals surface area contributed by atoms with E-state index in [1.165, 1.54) is 17.8 Å². The first-order chi connectivity index (χ1) is 15.5. The molecule has 2 heterocycles. The third-order valence-electron chi connectivity index (χ3n) is 5.89. The number of nitrogens with one attached hydrogen (secondary N) is 2. The van der Waals surface area contributed by atoms with E-state index in [4.69, 9.17) is 9.16 Å². The van der Waals surface area contributed by atoms with Gasteiger partial charge in [-0.05, 0) is 42.4 Å². The Morgan fingerprint density at radius 1 is 1.18 bits per heavy atom. The molecular formula is C23H31N5O4Si. The van der Waals surface area contributed by atoms with E-state index in [2.05, 4.69) is 54.6 Å². The highest BCUT2D eigenvalue weighted by atomic mass is 28.4. The van der Waals surface area contributed by atoms with Crippen LogP contribution >= 0.6 is 0 Å². The predicted molar refractivity (Wildman–Crippen MR) is 129 cm³/mol. The monoisotopic (exact) mass is 469 g/mol. The van der Waals surface area contributed by atoms with Gasteiger partial charge in [0.25, 0.3) is 11.8 Å². The molecule has 10 heteroatoms. The molecule has 0 aliphatic rings. The summed E-state index contributed by atoms with van der Waals surface area (Å²) < 4.78 is 13.0. The topological polar surface area (TPSA) is 107 Å². The molecule has 3 rings (SSSR count). The van der Waals surface area contributed by atoms with Crippen LogP contribution < -0.4 is 15.4 Å². The minimum atomic E-state index is -1.86. The van der Waals surface area contributed by atoms with Crippen LogP contribution in [0.3, 0.4) is 0 Å². The van der Waals surface area contributed by atoms with Gasteiger partial charge in [-0.1, -0.05) is 20.8 Å². The summed E-state index contributed by atoms with van der Waals surface area (Å²) in [5.41, 5.74) is 1.65. The highest BCUT2D eigenvalue weighted by Crippen LogP contribution is 2.36. The van der Waals surface area contributed by atoms with E-state index in [1.807, 2.05) is 0 Å². The molecule has 0 saturated heterocycles. The molecule has 0 radical (unpaired) electrons. The number of carbonyl (C=O) groups excluding carboxylic acids is 2. The number of benzene rings is 1. The number of carbonyl (C=O) groups is 2. The molecule has 9 nitrogen and oxygen atoms in total. The summed E-state index contributed by atoms with van der Waals surface area (Å²) in [4.78, 5) is 29.5. The van der Waals surface area contributed by atoms with Crippen molar-refractivity contribution < 1.29 is 18.8 Å². The Labute approximate surface area is 194 Å². The van der Waals surface area contributed by atoms with Gasteiger partial charge in [0.05, 0.1) is 25.6 Å². The molecule has 0 bridgehead atoms. The van der Waals surface area contributed by atoms with Crippen molar-refractivity contribution in [3.63, 3.8) is 0 Å². The second kappa shape index (κ2) is 9.71. The average molecular weight is 470 g/mol. The van der Waals surface area contributed by atoms with Crippen LogP contribution in [0.5, 0.6) is 5.75 Å². The highest BCUT2D eigenvalue weighted by molar-refractivity contribution is 6.74. The van der Waals surface area contributed by atoms with Crippen molar-refractivity contribution in [2.75, 3.05) is 25.6 Å². The fraction of sp³-hybridized carbons (Fsp3) is 0.391. The van der Waals surface area contributed by atoms with E-state index < -0.39 is 8.32 Å². The largest absolute Gasteiger partial charge is 0.495 e. The van der Waals surface area contributed by atoms with Gasteiger partial charge in [0.1, 0.15) is 11.3 Å². The normalized spacial score (nSPS) is 11.9. The first-order valence-electron chi connectivity index (χ1n) is 10.7. The molecule has 2 N–H and O–H groups in total. The SMILES string of the molecule is COc1cc(C(=O)NCCO[Si](C)(C)C(C)(C)C)ccc1NC(=O)c1cnn2cccnc12. The summed E-state index contributed by atoms with van der Waals surface area (Å²) in [6.07, 6.45) is 4.77. The second-order valence-electron chi connectivity index (χ2n) is 9.18. The zero-order chi connectivity index (χ0) is 24.2. The molecule has 0 unspecified atom stereocenters. The molecule has 0 spiro atoms. The number of hydrogen-bond acceptors (Lipinski definition) is 6. The molecule has 0 saturated carbocycles. The lowest BCUT2D eigenvalue weighted by Gasteiger charge is -2.36. The molecular weight excluding hydrogens is 438 g/mol. The van der Waals surface area contributed by atoms with Crippen molar-refractivity contribution in [1.29, 1.82) is 0 Å². The lowest BCUT2D eigenvalue weighted by Crippen LogP contribution is -2.42. The summed E-state index contributed by atoms with van der Waals surface area (Å²) in [6.45, 7) is 11.8. The molecule has 33 heavy (non-hydrogen) atoms. The minimum Gasteiger partial charge on any atom is -0.495 e. The number of rotatable bonds is 8. The van der Waals surface area contributed by atoms with Crippen molar-refractivity contribution >= 4 is 31.5 Å². The van der Waals surface area contributed by atoms with E-state index in [9.17, 15) is 9.59 Å². The van der Waals surface area contributed by atoms with Gasteiger partial charge in [-0.15, -0.1) is 0 Å². The summed E-state index contributed by atoms with van der Waals surface area (Å²) in [6, 6.07) is 6.59. The number of nitrogens with zero attached hydrogens (tertiary/aromatic N) is 3. The van der Waals surface area contributed by atoms with Crippen molar-refractivity contribution in [3.05, 3.63) is 54.0 Å². The Morgan fingerprint density at radius 3 is 2.64 bits per heavy atom. The zero-order valence-electron chi connectivity index (χ0n) is 19.9. The van der Waals surface area contributed by atoms with Gasteiger partial charge in [0.2, 0.25) is 0 Å². The molecule has 0 aliphatic heterocycles. The number of aromatic nitrogens is 3. The number of amides is 2. The number of fused-ring (bicyclic) bond motifs is 1. The van der Waals surface area contributed by atoms with E-state index in [0.717, 1.165) is 0 Å². The van der Waals surface area contributed by atoms with Crippen LogP contribution in [0.1, 0.15) is 41.5 Å². The van der Waals surface area contributed by atoms with Crippen LogP contribution in [0.2, 0.25) is 18.1 Å². The van der Waals surface area contributed by atoms with Crippen LogP contribution in [-0.4, -0.2) is 55.0 Å². The third-order valence-corrected chi connectivity index (χ3v) is 10.4. The lowest BCUT2D eigenvalue weighted by atomic mass is 10.1. The molecule has 2 aromatic heterocycles. The maximum Gasteiger partial charge on any atom is 0.261 e. The quantitative estimate of drug-likeness (QED) is 0.384. The summed E-state index contributed by atoms with van der Waals surface area (Å²) in [5, 5.41) is 9.92. The second-order valence-corrected chi connectivity index (χ2v) is 14.0. The number of methoxy groups -OCH3 is 1. The summed E-state index contributed by atoms with van der Waals surface area (Å²) >= 11 is 0. The van der Waals surface area contributed by atoms with Gasteiger partial charge in [-0.2, -0.15) is 5.10 Å². The Balaban J connectivity index is 1.63. The number of hydrogen-bond donors (Lipinski definition) is 2. The highest BCUT2D eigenvalue weighted by Gasteiger charge is 2.36.